The summed E-state index contributed by atoms with van der Waals surface area (Å²) in [5.41, 5.74) is -0.652. The second-order valence-corrected chi connectivity index (χ2v) is 4.19. The molecule has 0 aliphatic heterocycles. The number of hydrogen-bond acceptors (Lipinski definition) is 3. The Hall–Kier alpha value is -1.27. The zero-order valence-corrected chi connectivity index (χ0v) is 11.3. The Labute approximate surface area is 117 Å². The first-order chi connectivity index (χ1) is 8.88. The zero-order chi connectivity index (χ0) is 14.6. The molecular formula is C11H10Cl2F2O4. The molecule has 0 saturated heterocycles. The van der Waals surface area contributed by atoms with Gasteiger partial charge in [-0.15, -0.1) is 0 Å². The lowest BCUT2D eigenvalue weighted by atomic mass is 10.2. The predicted octanol–water partition coefficient (Wildman–Crippen LogP) is 4.08. The third kappa shape index (κ3) is 3.84. The molecule has 0 aliphatic carbocycles. The van der Waals surface area contributed by atoms with Crippen molar-refractivity contribution in [2.24, 2.45) is 0 Å². The Balaban J connectivity index is 3.39. The van der Waals surface area contributed by atoms with Gasteiger partial charge in [0.2, 0.25) is 0 Å². The van der Waals surface area contributed by atoms with Gasteiger partial charge in [0.25, 0.3) is 0 Å². The van der Waals surface area contributed by atoms with Crippen molar-refractivity contribution < 1.29 is 28.2 Å². The minimum absolute atomic E-state index is 0.119. The fourth-order valence-corrected chi connectivity index (χ4v) is 1.72. The highest BCUT2D eigenvalue weighted by Crippen LogP contribution is 2.41. The molecule has 0 atom stereocenters. The summed E-state index contributed by atoms with van der Waals surface area (Å²) in [6.45, 7) is -1.22. The normalized spacial score (nSPS) is 10.6. The molecule has 1 aromatic carbocycles. The summed E-state index contributed by atoms with van der Waals surface area (Å²) < 4.78 is 34.0. The topological polar surface area (TPSA) is 55.8 Å². The lowest BCUT2D eigenvalue weighted by Gasteiger charge is -2.15. The molecule has 0 heterocycles. The van der Waals surface area contributed by atoms with E-state index >= 15 is 0 Å². The lowest BCUT2D eigenvalue weighted by Crippen LogP contribution is -2.11. The van der Waals surface area contributed by atoms with E-state index < -0.39 is 23.9 Å². The van der Waals surface area contributed by atoms with Crippen LogP contribution in [0.2, 0.25) is 10.0 Å². The third-order valence-corrected chi connectivity index (χ3v) is 2.81. The number of benzene rings is 1. The molecule has 0 bridgehead atoms. The Morgan fingerprint density at radius 1 is 1.47 bits per heavy atom. The van der Waals surface area contributed by atoms with Crippen LogP contribution in [0.5, 0.6) is 11.5 Å². The van der Waals surface area contributed by atoms with Gasteiger partial charge >= 0.3 is 12.6 Å². The Bertz CT molecular complexity index is 480. The van der Waals surface area contributed by atoms with Crippen LogP contribution >= 0.6 is 23.2 Å². The third-order valence-electron chi connectivity index (χ3n) is 2.02. The van der Waals surface area contributed by atoms with E-state index in [0.29, 0.717) is 6.42 Å². The van der Waals surface area contributed by atoms with Gasteiger partial charge in [-0.1, -0.05) is 30.1 Å². The van der Waals surface area contributed by atoms with Crippen molar-refractivity contribution in [3.63, 3.8) is 0 Å². The molecule has 0 aliphatic rings. The Morgan fingerprint density at radius 2 is 2.11 bits per heavy atom. The Kier molecular flexibility index (Phi) is 5.62. The molecule has 0 unspecified atom stereocenters. The van der Waals surface area contributed by atoms with Gasteiger partial charge in [0.05, 0.1) is 16.7 Å². The molecule has 0 spiro atoms. The largest absolute Gasteiger partial charge is 0.490 e. The van der Waals surface area contributed by atoms with Crippen LogP contribution in [-0.2, 0) is 0 Å². The minimum Gasteiger partial charge on any atom is -0.490 e. The van der Waals surface area contributed by atoms with E-state index in [1.807, 2.05) is 0 Å². The van der Waals surface area contributed by atoms with E-state index in [4.69, 9.17) is 33.0 Å². The number of carboxylic acids is 1. The van der Waals surface area contributed by atoms with Crippen LogP contribution in [0.15, 0.2) is 6.07 Å². The SMILES string of the molecule is CCCOc1cc(Cl)c(Cl)c(C(=O)O)c1OC(F)F. The van der Waals surface area contributed by atoms with E-state index in [0.717, 1.165) is 6.07 Å². The molecule has 0 radical (unpaired) electrons. The van der Waals surface area contributed by atoms with Gasteiger partial charge in [-0.3, -0.25) is 0 Å². The van der Waals surface area contributed by atoms with E-state index in [9.17, 15) is 13.6 Å². The van der Waals surface area contributed by atoms with Crippen LogP contribution in [-0.4, -0.2) is 24.3 Å². The van der Waals surface area contributed by atoms with E-state index in [2.05, 4.69) is 4.74 Å². The van der Waals surface area contributed by atoms with Crippen LogP contribution in [0.1, 0.15) is 23.7 Å². The first-order valence-corrected chi connectivity index (χ1v) is 5.97. The first kappa shape index (κ1) is 15.8. The molecule has 106 valence electrons. The number of halogens is 4. The van der Waals surface area contributed by atoms with Gasteiger partial charge in [0.15, 0.2) is 11.5 Å². The molecule has 8 heteroatoms. The summed E-state index contributed by atoms with van der Waals surface area (Å²) in [4.78, 5) is 11.1. The van der Waals surface area contributed by atoms with Crippen LogP contribution in [0, 0.1) is 0 Å². The minimum atomic E-state index is -3.21. The maximum absolute atomic E-state index is 12.4. The smallest absolute Gasteiger partial charge is 0.387 e. The van der Waals surface area contributed by atoms with Crippen molar-refractivity contribution in [1.82, 2.24) is 0 Å². The van der Waals surface area contributed by atoms with Crippen molar-refractivity contribution >= 4 is 29.2 Å². The van der Waals surface area contributed by atoms with Crippen LogP contribution < -0.4 is 9.47 Å². The number of carboxylic acid groups (broad SMARTS) is 1. The van der Waals surface area contributed by atoms with Crippen molar-refractivity contribution in [1.29, 1.82) is 0 Å². The van der Waals surface area contributed by atoms with Gasteiger partial charge in [-0.2, -0.15) is 8.78 Å². The average Bonchev–Trinajstić information content (AvgIpc) is 2.30. The second-order valence-electron chi connectivity index (χ2n) is 3.41. The van der Waals surface area contributed by atoms with Gasteiger partial charge in [0.1, 0.15) is 5.56 Å². The highest BCUT2D eigenvalue weighted by Gasteiger charge is 2.26. The number of ether oxygens (including phenoxy) is 2. The molecule has 1 aromatic rings. The highest BCUT2D eigenvalue weighted by atomic mass is 35.5. The molecule has 19 heavy (non-hydrogen) atoms. The maximum Gasteiger partial charge on any atom is 0.387 e. The van der Waals surface area contributed by atoms with E-state index in [-0.39, 0.29) is 22.4 Å². The number of aromatic carboxylic acids is 1. The monoisotopic (exact) mass is 314 g/mol. The molecule has 1 rings (SSSR count). The number of carbonyl (C=O) groups is 1. The maximum atomic E-state index is 12.4. The highest BCUT2D eigenvalue weighted by molar-refractivity contribution is 6.44. The lowest BCUT2D eigenvalue weighted by molar-refractivity contribution is -0.0519. The van der Waals surface area contributed by atoms with Crippen molar-refractivity contribution in [2.75, 3.05) is 6.61 Å². The van der Waals surface area contributed by atoms with Crippen LogP contribution in [0.4, 0.5) is 8.78 Å². The Morgan fingerprint density at radius 3 is 2.58 bits per heavy atom. The molecular weight excluding hydrogens is 305 g/mol. The predicted molar refractivity (Wildman–Crippen MR) is 65.8 cm³/mol. The van der Waals surface area contributed by atoms with Crippen molar-refractivity contribution in [3.8, 4) is 11.5 Å². The molecule has 0 saturated carbocycles. The molecule has 0 fully saturated rings. The van der Waals surface area contributed by atoms with Crippen LogP contribution in [0.25, 0.3) is 0 Å². The van der Waals surface area contributed by atoms with E-state index in [1.54, 1.807) is 6.92 Å². The molecule has 0 amide bonds. The molecule has 1 N–H and O–H groups in total. The van der Waals surface area contributed by atoms with Gasteiger partial charge in [-0.05, 0) is 6.42 Å². The van der Waals surface area contributed by atoms with E-state index in [1.165, 1.54) is 0 Å². The van der Waals surface area contributed by atoms with Gasteiger partial charge < -0.3 is 14.6 Å². The summed E-state index contributed by atoms with van der Waals surface area (Å²) in [7, 11) is 0. The van der Waals surface area contributed by atoms with Crippen LogP contribution in [0.3, 0.4) is 0 Å². The summed E-state index contributed by atoms with van der Waals surface area (Å²) in [5.74, 6) is -2.36. The number of rotatable bonds is 6. The average molecular weight is 315 g/mol. The fourth-order valence-electron chi connectivity index (χ4n) is 1.30. The van der Waals surface area contributed by atoms with Crippen molar-refractivity contribution in [2.45, 2.75) is 20.0 Å². The summed E-state index contributed by atoms with van der Waals surface area (Å²) in [6.07, 6.45) is 0.594. The van der Waals surface area contributed by atoms with Crippen molar-refractivity contribution in [3.05, 3.63) is 21.7 Å². The summed E-state index contributed by atoms with van der Waals surface area (Å²) >= 11 is 11.4. The summed E-state index contributed by atoms with van der Waals surface area (Å²) in [5, 5.41) is 8.51. The quantitative estimate of drug-likeness (QED) is 0.859. The second kappa shape index (κ2) is 6.77. The first-order valence-electron chi connectivity index (χ1n) is 5.21. The standard InChI is InChI=1S/C11H10Cl2F2O4/c1-2-3-18-6-4-5(12)8(13)7(10(16)17)9(6)19-11(14)15/h4,11H,2-3H2,1H3,(H,16,17). The number of hydrogen-bond donors (Lipinski definition) is 1. The van der Waals surface area contributed by atoms with Gasteiger partial charge in [-0.25, -0.2) is 4.79 Å². The fraction of sp³-hybridized carbons (Fsp3) is 0.364. The van der Waals surface area contributed by atoms with Gasteiger partial charge in [0, 0.05) is 6.07 Å². The summed E-state index contributed by atoms with van der Waals surface area (Å²) in [6, 6.07) is 1.14. The molecule has 4 nitrogen and oxygen atoms in total. The number of alkyl halides is 2. The zero-order valence-electron chi connectivity index (χ0n) is 9.75. The molecule has 0 aromatic heterocycles.